The van der Waals surface area contributed by atoms with Gasteiger partial charge >= 0.3 is 5.97 Å². The van der Waals surface area contributed by atoms with E-state index in [0.717, 1.165) is 10.8 Å². The van der Waals surface area contributed by atoms with Crippen LogP contribution >= 0.6 is 21.6 Å². The number of hydrazine groups is 1. The maximum Gasteiger partial charge on any atom is 0.324 e. The second-order valence-electron chi connectivity index (χ2n) is 11.2. The number of methoxy groups -OCH3 is 1. The smallest absolute Gasteiger partial charge is 0.324 e. The lowest BCUT2D eigenvalue weighted by molar-refractivity contribution is -0.426. The minimum Gasteiger partial charge on any atom is -0.508 e. The van der Waals surface area contributed by atoms with Crippen molar-refractivity contribution in [1.29, 1.82) is 0 Å². The Bertz CT molecular complexity index is 1290. The summed E-state index contributed by atoms with van der Waals surface area (Å²) in [5.41, 5.74) is 3.53. The van der Waals surface area contributed by atoms with Crippen LogP contribution in [0.25, 0.3) is 0 Å². The number of carbonyl (C=O) groups is 4. The number of pyridine rings is 1. The predicted molar refractivity (Wildman–Crippen MR) is 178 cm³/mol. The zero-order valence-electron chi connectivity index (χ0n) is 27.1. The maximum absolute atomic E-state index is 13.7. The molecule has 3 amide bonds. The summed E-state index contributed by atoms with van der Waals surface area (Å²) in [4.78, 5) is 55.2. The summed E-state index contributed by atoms with van der Waals surface area (Å²) < 4.78 is 16.0. The Balaban J connectivity index is 1.46. The molecule has 2 heterocycles. The van der Waals surface area contributed by atoms with Gasteiger partial charge in [0.1, 0.15) is 23.9 Å². The van der Waals surface area contributed by atoms with Crippen LogP contribution in [0.15, 0.2) is 53.7 Å². The van der Waals surface area contributed by atoms with Crippen molar-refractivity contribution in [2.45, 2.75) is 62.7 Å². The molecule has 0 spiro atoms. The molecule has 1 aromatic carbocycles. The maximum atomic E-state index is 13.7. The van der Waals surface area contributed by atoms with Gasteiger partial charge in [-0.3, -0.25) is 24.2 Å². The summed E-state index contributed by atoms with van der Waals surface area (Å²) in [5, 5.41) is 17.9. The molecular weight excluding hydrogens is 647 g/mol. The molecule has 258 valence electrons. The summed E-state index contributed by atoms with van der Waals surface area (Å²) in [6.07, 6.45) is 3.08. The van der Waals surface area contributed by atoms with Crippen LogP contribution in [0.1, 0.15) is 38.7 Å². The van der Waals surface area contributed by atoms with Crippen LogP contribution in [-0.2, 0) is 39.8 Å². The number of H-pyrrole nitrogens is 1. The first-order valence-corrected chi connectivity index (χ1v) is 17.9. The van der Waals surface area contributed by atoms with Crippen LogP contribution in [-0.4, -0.2) is 97.8 Å². The normalized spacial score (nSPS) is 15.9. The topological polar surface area (TPSA) is 170 Å². The SMILES string of the molecule is COC(=O)[C@@H]1CCCN(C(=O)[C@H](Cc2cccc(O)c2)NC(=O)[C@@H](NC(=O)CCOCCOCCSSc2cccc[nH+]2)C(C)C)N1. The summed E-state index contributed by atoms with van der Waals surface area (Å²) in [7, 11) is 4.62. The van der Waals surface area contributed by atoms with E-state index in [-0.39, 0.29) is 37.0 Å². The van der Waals surface area contributed by atoms with Crippen LogP contribution < -0.4 is 21.0 Å². The molecule has 1 aliphatic rings. The molecule has 2 aromatic rings. The molecule has 0 aliphatic carbocycles. The number of aromatic hydroxyl groups is 1. The molecule has 1 fully saturated rings. The fourth-order valence-electron chi connectivity index (χ4n) is 4.72. The van der Waals surface area contributed by atoms with Gasteiger partial charge in [0.2, 0.25) is 16.8 Å². The van der Waals surface area contributed by atoms with Gasteiger partial charge in [-0.15, -0.1) is 0 Å². The Morgan fingerprint density at radius 2 is 1.85 bits per heavy atom. The van der Waals surface area contributed by atoms with E-state index in [1.165, 1.54) is 24.3 Å². The third kappa shape index (κ3) is 13.7. The van der Waals surface area contributed by atoms with Gasteiger partial charge in [0.25, 0.3) is 5.91 Å². The minimum atomic E-state index is -1.04. The second kappa shape index (κ2) is 20.8. The van der Waals surface area contributed by atoms with E-state index in [1.807, 2.05) is 24.4 Å². The Morgan fingerprint density at radius 1 is 1.06 bits per heavy atom. The number of rotatable bonds is 19. The van der Waals surface area contributed by atoms with Gasteiger partial charge in [0.05, 0.1) is 33.5 Å². The molecule has 3 rings (SSSR count). The highest BCUT2D eigenvalue weighted by Crippen LogP contribution is 2.26. The minimum absolute atomic E-state index is 0.0267. The van der Waals surface area contributed by atoms with Gasteiger partial charge in [0, 0.05) is 48.1 Å². The quantitative estimate of drug-likeness (QED) is 0.0964. The zero-order chi connectivity index (χ0) is 34.0. The van der Waals surface area contributed by atoms with Gasteiger partial charge in [-0.2, -0.15) is 0 Å². The number of nitrogens with zero attached hydrogens (tertiary/aromatic N) is 1. The lowest BCUT2D eigenvalue weighted by Gasteiger charge is -2.35. The number of benzene rings is 1. The second-order valence-corrected chi connectivity index (χ2v) is 13.6. The molecule has 1 aromatic heterocycles. The van der Waals surface area contributed by atoms with Gasteiger partial charge in [-0.25, -0.2) is 10.4 Å². The van der Waals surface area contributed by atoms with Gasteiger partial charge in [-0.05, 0) is 42.5 Å². The standard InChI is InChI=1S/C32H45N5O8S2/c1-22(2)29(35-27(39)12-15-44-16-17-45-18-19-46-47-28-11-4-5-13-33-28)30(40)34-26(21-23-8-6-9-24(38)20-23)31(41)37-14-7-10-25(36-37)32(42)43-3/h4-6,8-9,11,13,20,22,25-26,29,36,38H,7,10,12,14-19,21H2,1-3H3,(H,34,40)(H,35,39)/p+1/t25-,26-,29-/m0/s1. The molecule has 1 aliphatic heterocycles. The third-order valence-electron chi connectivity index (χ3n) is 7.15. The summed E-state index contributed by atoms with van der Waals surface area (Å²) in [5.74, 6) is -1.26. The fraction of sp³-hybridized carbons (Fsp3) is 0.531. The molecule has 0 unspecified atom stereocenters. The number of hydrogen-bond donors (Lipinski definition) is 4. The highest BCUT2D eigenvalue weighted by molar-refractivity contribution is 8.76. The number of amides is 3. The monoisotopic (exact) mass is 692 g/mol. The highest BCUT2D eigenvalue weighted by atomic mass is 33.1. The Labute approximate surface area is 283 Å². The number of hydrogen-bond acceptors (Lipinski definition) is 11. The van der Waals surface area contributed by atoms with E-state index < -0.39 is 35.9 Å². The van der Waals surface area contributed by atoms with Crippen molar-refractivity contribution in [1.82, 2.24) is 21.1 Å². The molecule has 0 bridgehead atoms. The lowest BCUT2D eigenvalue weighted by atomic mass is 10.00. The van der Waals surface area contributed by atoms with Crippen LogP contribution in [0.5, 0.6) is 5.75 Å². The first kappa shape index (κ1) is 38.1. The Hall–Kier alpha value is -3.37. The van der Waals surface area contributed by atoms with E-state index in [1.54, 1.807) is 47.6 Å². The number of aromatic nitrogens is 1. The highest BCUT2D eigenvalue weighted by Gasteiger charge is 2.35. The number of phenolic OH excluding ortho intramolecular Hbond substituents is 1. The van der Waals surface area contributed by atoms with Crippen molar-refractivity contribution in [3.63, 3.8) is 0 Å². The van der Waals surface area contributed by atoms with Crippen molar-refractivity contribution < 1.29 is 43.5 Å². The van der Waals surface area contributed by atoms with Gasteiger partial charge in [-0.1, -0.05) is 36.8 Å². The lowest BCUT2D eigenvalue weighted by Crippen LogP contribution is -2.62. The molecule has 15 heteroatoms. The van der Waals surface area contributed by atoms with Gasteiger partial charge in [0.15, 0.2) is 6.20 Å². The van der Waals surface area contributed by atoms with Crippen molar-refractivity contribution >= 4 is 45.3 Å². The van der Waals surface area contributed by atoms with Crippen molar-refractivity contribution in [2.24, 2.45) is 5.92 Å². The summed E-state index contributed by atoms with van der Waals surface area (Å²) >= 11 is 0. The van der Waals surface area contributed by atoms with Crippen molar-refractivity contribution in [2.75, 3.05) is 45.8 Å². The Kier molecular flexibility index (Phi) is 16.8. The average Bonchev–Trinajstić information content (AvgIpc) is 3.07. The van der Waals surface area contributed by atoms with E-state index in [9.17, 15) is 24.3 Å². The number of carbonyl (C=O) groups excluding carboxylic acids is 4. The van der Waals surface area contributed by atoms with Crippen LogP contribution in [0.3, 0.4) is 0 Å². The number of esters is 1. The third-order valence-corrected chi connectivity index (χ3v) is 9.43. The predicted octanol–water partition coefficient (Wildman–Crippen LogP) is 1.91. The summed E-state index contributed by atoms with van der Waals surface area (Å²) in [6.45, 7) is 5.41. The molecule has 47 heavy (non-hydrogen) atoms. The Morgan fingerprint density at radius 3 is 2.55 bits per heavy atom. The van der Waals surface area contributed by atoms with E-state index in [2.05, 4.69) is 21.0 Å². The number of phenols is 1. The number of aromatic amines is 1. The number of nitrogens with one attached hydrogen (secondary N) is 4. The largest absolute Gasteiger partial charge is 0.508 e. The molecule has 1 saturated heterocycles. The average molecular weight is 693 g/mol. The molecule has 5 N–H and O–H groups in total. The van der Waals surface area contributed by atoms with E-state index in [4.69, 9.17) is 14.2 Å². The molecule has 13 nitrogen and oxygen atoms in total. The number of ether oxygens (including phenoxy) is 3. The molecule has 0 radical (unpaired) electrons. The van der Waals surface area contributed by atoms with E-state index in [0.29, 0.717) is 44.8 Å². The van der Waals surface area contributed by atoms with Gasteiger partial charge < -0.3 is 30.0 Å². The zero-order valence-corrected chi connectivity index (χ0v) is 28.7. The van der Waals surface area contributed by atoms with Crippen LogP contribution in [0.2, 0.25) is 0 Å². The molecular formula is C32H46N5O8S2+. The molecule has 0 saturated carbocycles. The first-order valence-electron chi connectivity index (χ1n) is 15.6. The van der Waals surface area contributed by atoms with Crippen LogP contribution in [0, 0.1) is 5.92 Å². The van der Waals surface area contributed by atoms with Crippen LogP contribution in [0.4, 0.5) is 0 Å². The van der Waals surface area contributed by atoms with Crippen molar-refractivity contribution in [3.8, 4) is 5.75 Å². The first-order chi connectivity index (χ1) is 22.7. The fourth-order valence-corrected chi connectivity index (χ4v) is 6.51. The molecule has 3 atom stereocenters. The van der Waals surface area contributed by atoms with Crippen molar-refractivity contribution in [3.05, 3.63) is 54.2 Å². The van der Waals surface area contributed by atoms with E-state index >= 15 is 0 Å². The summed E-state index contributed by atoms with van der Waals surface area (Å²) in [6, 6.07) is 9.70.